The van der Waals surface area contributed by atoms with Gasteiger partial charge in [0.15, 0.2) is 0 Å². The van der Waals surface area contributed by atoms with Gasteiger partial charge < -0.3 is 14.9 Å². The smallest absolute Gasteiger partial charge is 0.300 e. The summed E-state index contributed by atoms with van der Waals surface area (Å²) in [5, 5.41) is 19.5. The molecule has 0 spiro atoms. The van der Waals surface area contributed by atoms with Gasteiger partial charge in [0.05, 0.1) is 7.11 Å². The Morgan fingerprint density at radius 3 is 2.33 bits per heavy atom. The fourth-order valence-corrected chi connectivity index (χ4v) is 2.11. The van der Waals surface area contributed by atoms with Crippen LogP contribution in [0.1, 0.15) is 32.3 Å². The number of phenols is 1. The van der Waals surface area contributed by atoms with E-state index >= 15 is 0 Å². The highest BCUT2D eigenvalue weighted by atomic mass is 16.5. The second-order valence-corrected chi connectivity index (χ2v) is 4.75. The Morgan fingerprint density at radius 2 is 1.81 bits per heavy atom. The van der Waals surface area contributed by atoms with E-state index in [4.69, 9.17) is 14.6 Å². The molecule has 0 atom stereocenters. The van der Waals surface area contributed by atoms with Gasteiger partial charge in [-0.3, -0.25) is 4.79 Å². The summed E-state index contributed by atoms with van der Waals surface area (Å²) in [4.78, 5) is 9.00. The lowest BCUT2D eigenvalue weighted by molar-refractivity contribution is -0.134. The van der Waals surface area contributed by atoms with Crippen LogP contribution in [-0.2, 0) is 11.2 Å². The highest BCUT2D eigenvalue weighted by Gasteiger charge is 2.10. The van der Waals surface area contributed by atoms with Gasteiger partial charge in [-0.1, -0.05) is 37.6 Å². The molecule has 2 aromatic rings. The maximum Gasteiger partial charge on any atom is 0.300 e. The van der Waals surface area contributed by atoms with E-state index in [1.807, 2.05) is 30.3 Å². The fourth-order valence-electron chi connectivity index (χ4n) is 2.11. The summed E-state index contributed by atoms with van der Waals surface area (Å²) in [7, 11) is 1.67. The molecule has 0 amide bonds. The number of hydrogen-bond acceptors (Lipinski definition) is 3. The predicted octanol–water partition coefficient (Wildman–Crippen LogP) is 3.99. The first kappa shape index (κ1) is 16.8. The van der Waals surface area contributed by atoms with Crippen molar-refractivity contribution in [3.05, 3.63) is 35.9 Å². The Balaban J connectivity index is 0.000000491. The van der Waals surface area contributed by atoms with Gasteiger partial charge in [0, 0.05) is 17.7 Å². The molecule has 2 N–H and O–H groups in total. The van der Waals surface area contributed by atoms with E-state index in [1.54, 1.807) is 7.11 Å². The zero-order valence-electron chi connectivity index (χ0n) is 12.7. The zero-order chi connectivity index (χ0) is 15.8. The minimum Gasteiger partial charge on any atom is -0.507 e. The number of aryl methyl sites for hydroxylation is 1. The van der Waals surface area contributed by atoms with Crippen LogP contribution in [0.15, 0.2) is 30.3 Å². The molecular formula is C17H22O4. The van der Waals surface area contributed by atoms with Crippen molar-refractivity contribution in [2.75, 3.05) is 7.11 Å². The van der Waals surface area contributed by atoms with Gasteiger partial charge in [-0.25, -0.2) is 0 Å². The molecule has 0 bridgehead atoms. The number of fused-ring (bicyclic) bond motifs is 1. The normalized spacial score (nSPS) is 9.86. The summed E-state index contributed by atoms with van der Waals surface area (Å²) in [5.41, 5.74) is 0.974. The first-order valence-electron chi connectivity index (χ1n) is 6.98. The highest BCUT2D eigenvalue weighted by molar-refractivity contribution is 5.94. The topological polar surface area (TPSA) is 66.8 Å². The van der Waals surface area contributed by atoms with Crippen LogP contribution in [0.3, 0.4) is 0 Å². The van der Waals surface area contributed by atoms with Crippen molar-refractivity contribution in [2.45, 2.75) is 33.1 Å². The second-order valence-electron chi connectivity index (χ2n) is 4.75. The van der Waals surface area contributed by atoms with Gasteiger partial charge in [0.25, 0.3) is 5.97 Å². The number of aromatic hydroxyl groups is 1. The van der Waals surface area contributed by atoms with Gasteiger partial charge in [0.2, 0.25) is 0 Å². The summed E-state index contributed by atoms with van der Waals surface area (Å²) in [5.74, 6) is 0.402. The molecule has 2 rings (SSSR count). The Labute approximate surface area is 125 Å². The number of ether oxygens (including phenoxy) is 1. The monoisotopic (exact) mass is 290 g/mol. The van der Waals surface area contributed by atoms with Crippen LogP contribution in [0, 0.1) is 0 Å². The predicted molar refractivity (Wildman–Crippen MR) is 84.1 cm³/mol. The number of phenolic OH excluding ortho intramolecular Hbond substituents is 1. The maximum absolute atomic E-state index is 10.2. The summed E-state index contributed by atoms with van der Waals surface area (Å²) in [6.07, 6.45) is 3.09. The number of aliphatic carboxylic acids is 1. The SMILES string of the molecule is CC(=O)O.CCCCc1cc(OC)c2ccccc2c1O. The molecule has 0 aliphatic carbocycles. The molecule has 0 aliphatic rings. The van der Waals surface area contributed by atoms with E-state index in [-0.39, 0.29) is 0 Å². The third kappa shape index (κ3) is 4.67. The Hall–Kier alpha value is -2.23. The first-order valence-corrected chi connectivity index (χ1v) is 6.98. The number of methoxy groups -OCH3 is 1. The molecule has 4 nitrogen and oxygen atoms in total. The lowest BCUT2D eigenvalue weighted by Crippen LogP contribution is -1.91. The minimum atomic E-state index is -0.833. The summed E-state index contributed by atoms with van der Waals surface area (Å²) >= 11 is 0. The molecule has 0 heterocycles. The van der Waals surface area contributed by atoms with Crippen molar-refractivity contribution < 1.29 is 19.7 Å². The lowest BCUT2D eigenvalue weighted by Gasteiger charge is -2.11. The van der Waals surface area contributed by atoms with E-state index < -0.39 is 5.97 Å². The van der Waals surface area contributed by atoms with Gasteiger partial charge >= 0.3 is 0 Å². The minimum absolute atomic E-state index is 0.398. The molecule has 4 heteroatoms. The zero-order valence-corrected chi connectivity index (χ0v) is 12.7. The molecule has 0 aliphatic heterocycles. The molecule has 0 unspecified atom stereocenters. The highest BCUT2D eigenvalue weighted by Crippen LogP contribution is 2.36. The third-order valence-electron chi connectivity index (χ3n) is 3.08. The van der Waals surface area contributed by atoms with Crippen molar-refractivity contribution in [2.24, 2.45) is 0 Å². The van der Waals surface area contributed by atoms with Crippen LogP contribution in [-0.4, -0.2) is 23.3 Å². The Bertz CT molecular complexity index is 601. The molecule has 2 aromatic carbocycles. The Morgan fingerprint density at radius 1 is 1.24 bits per heavy atom. The van der Waals surface area contributed by atoms with Crippen molar-refractivity contribution in [1.29, 1.82) is 0 Å². The number of carbonyl (C=O) groups is 1. The molecule has 0 aromatic heterocycles. The standard InChI is InChI=1S/C15H18O2.C2H4O2/c1-3-4-7-11-10-14(17-2)12-8-5-6-9-13(12)15(11)16;1-2(3)4/h5-6,8-10,16H,3-4,7H2,1-2H3;1H3,(H,3,4). The van der Waals surface area contributed by atoms with E-state index in [1.165, 1.54) is 0 Å². The van der Waals surface area contributed by atoms with Crippen LogP contribution >= 0.6 is 0 Å². The van der Waals surface area contributed by atoms with E-state index in [2.05, 4.69) is 6.92 Å². The van der Waals surface area contributed by atoms with Gasteiger partial charge in [-0.05, 0) is 24.5 Å². The Kier molecular flexibility index (Phi) is 6.53. The number of carboxylic acid groups (broad SMARTS) is 1. The molecule has 21 heavy (non-hydrogen) atoms. The molecule has 114 valence electrons. The van der Waals surface area contributed by atoms with Crippen LogP contribution in [0.5, 0.6) is 11.5 Å². The van der Waals surface area contributed by atoms with E-state index in [0.29, 0.717) is 5.75 Å². The van der Waals surface area contributed by atoms with Crippen LogP contribution in [0.4, 0.5) is 0 Å². The first-order chi connectivity index (χ1) is 10.0. The fraction of sp³-hybridized carbons (Fsp3) is 0.353. The quantitative estimate of drug-likeness (QED) is 0.893. The van der Waals surface area contributed by atoms with Crippen LogP contribution in [0.2, 0.25) is 0 Å². The summed E-state index contributed by atoms with van der Waals surface area (Å²) in [6.45, 7) is 3.23. The summed E-state index contributed by atoms with van der Waals surface area (Å²) < 4.78 is 5.39. The average Bonchev–Trinajstić information content (AvgIpc) is 2.46. The van der Waals surface area contributed by atoms with E-state index in [0.717, 1.165) is 48.3 Å². The number of unbranched alkanes of at least 4 members (excludes halogenated alkanes) is 1. The van der Waals surface area contributed by atoms with Gasteiger partial charge in [-0.15, -0.1) is 0 Å². The largest absolute Gasteiger partial charge is 0.507 e. The number of rotatable bonds is 4. The number of benzene rings is 2. The van der Waals surface area contributed by atoms with Gasteiger partial charge in [-0.2, -0.15) is 0 Å². The van der Waals surface area contributed by atoms with Crippen molar-refractivity contribution in [3.8, 4) is 11.5 Å². The number of hydrogen-bond donors (Lipinski definition) is 2. The van der Waals surface area contributed by atoms with Crippen molar-refractivity contribution >= 4 is 16.7 Å². The van der Waals surface area contributed by atoms with E-state index in [9.17, 15) is 5.11 Å². The summed E-state index contributed by atoms with van der Waals surface area (Å²) in [6, 6.07) is 9.74. The molecule has 0 saturated carbocycles. The molecule has 0 fully saturated rings. The maximum atomic E-state index is 10.2. The average molecular weight is 290 g/mol. The van der Waals surface area contributed by atoms with Crippen molar-refractivity contribution in [3.63, 3.8) is 0 Å². The van der Waals surface area contributed by atoms with Crippen LogP contribution in [0.25, 0.3) is 10.8 Å². The second kappa shape index (κ2) is 8.15. The van der Waals surface area contributed by atoms with Crippen LogP contribution < -0.4 is 4.74 Å². The number of carboxylic acids is 1. The van der Waals surface area contributed by atoms with Crippen molar-refractivity contribution in [1.82, 2.24) is 0 Å². The third-order valence-corrected chi connectivity index (χ3v) is 3.08. The molecule has 0 saturated heterocycles. The molecular weight excluding hydrogens is 268 g/mol. The van der Waals surface area contributed by atoms with Gasteiger partial charge in [0.1, 0.15) is 11.5 Å². The molecule has 0 radical (unpaired) electrons. The lowest BCUT2D eigenvalue weighted by atomic mass is 10.0.